The first kappa shape index (κ1) is 13.3. The van der Waals surface area contributed by atoms with Gasteiger partial charge in [-0.25, -0.2) is 4.39 Å². The van der Waals surface area contributed by atoms with E-state index in [1.807, 2.05) is 0 Å². The van der Waals surface area contributed by atoms with Crippen LogP contribution in [0.15, 0.2) is 29.6 Å². The number of hydrogen-bond acceptors (Lipinski definition) is 3. The summed E-state index contributed by atoms with van der Waals surface area (Å²) < 4.78 is 18.6. The third-order valence-electron chi connectivity index (χ3n) is 2.58. The van der Waals surface area contributed by atoms with Crippen LogP contribution in [-0.4, -0.2) is 12.2 Å². The molecule has 1 aromatic carbocycles. The first-order valence-corrected chi connectivity index (χ1v) is 6.60. The highest BCUT2D eigenvalue weighted by Crippen LogP contribution is 2.29. The summed E-state index contributed by atoms with van der Waals surface area (Å²) in [5.41, 5.74) is 0.405. The Morgan fingerprint density at radius 1 is 1.44 bits per heavy atom. The molecule has 2 nitrogen and oxygen atoms in total. The second-order valence-electron chi connectivity index (χ2n) is 3.84. The van der Waals surface area contributed by atoms with Crippen LogP contribution in [0.25, 0.3) is 0 Å². The van der Waals surface area contributed by atoms with Crippen molar-refractivity contribution in [3.63, 3.8) is 0 Å². The molecule has 5 heteroatoms. The largest absolute Gasteiger partial charge is 0.496 e. The van der Waals surface area contributed by atoms with Crippen molar-refractivity contribution in [2.45, 2.75) is 12.5 Å². The predicted molar refractivity (Wildman–Crippen MR) is 70.9 cm³/mol. The fraction of sp³-hybridized carbons (Fsp3) is 0.231. The monoisotopic (exact) mass is 286 g/mol. The van der Waals surface area contributed by atoms with E-state index in [1.165, 1.54) is 29.5 Å². The molecule has 1 unspecified atom stereocenters. The maximum absolute atomic E-state index is 13.5. The van der Waals surface area contributed by atoms with Crippen molar-refractivity contribution in [1.82, 2.24) is 0 Å². The number of methoxy groups -OCH3 is 1. The average molecular weight is 287 g/mol. The number of rotatable bonds is 4. The number of hydrogen-bond donors (Lipinski definition) is 1. The zero-order valence-electron chi connectivity index (χ0n) is 9.69. The van der Waals surface area contributed by atoms with Crippen LogP contribution < -0.4 is 4.74 Å². The standard InChI is InChI=1S/C13H12ClFO2S/c1-17-10-6-13(18-7-10)12(16)5-8-4-9(14)2-3-11(8)15/h2-4,6-7,12,16H,5H2,1H3. The van der Waals surface area contributed by atoms with Gasteiger partial charge in [0.2, 0.25) is 0 Å². The lowest BCUT2D eigenvalue weighted by Crippen LogP contribution is -2.01. The highest BCUT2D eigenvalue weighted by Gasteiger charge is 2.14. The molecule has 1 N–H and O–H groups in total. The fourth-order valence-electron chi connectivity index (χ4n) is 1.62. The number of benzene rings is 1. The molecule has 0 spiro atoms. The summed E-state index contributed by atoms with van der Waals surface area (Å²) in [7, 11) is 1.56. The van der Waals surface area contributed by atoms with Gasteiger partial charge in [-0.3, -0.25) is 0 Å². The van der Waals surface area contributed by atoms with Gasteiger partial charge in [0.05, 0.1) is 13.2 Å². The second-order valence-corrected chi connectivity index (χ2v) is 5.22. The van der Waals surface area contributed by atoms with Crippen LogP contribution in [0.3, 0.4) is 0 Å². The van der Waals surface area contributed by atoms with Gasteiger partial charge in [0, 0.05) is 21.7 Å². The molecule has 0 bridgehead atoms. The zero-order chi connectivity index (χ0) is 13.1. The fourth-order valence-corrected chi connectivity index (χ4v) is 2.66. The Labute approximate surface area is 114 Å². The van der Waals surface area contributed by atoms with Crippen LogP contribution in [-0.2, 0) is 6.42 Å². The van der Waals surface area contributed by atoms with Crippen LogP contribution in [0.5, 0.6) is 5.75 Å². The van der Waals surface area contributed by atoms with Gasteiger partial charge in [0.1, 0.15) is 11.6 Å². The molecule has 0 aliphatic carbocycles. The molecule has 0 aliphatic rings. The SMILES string of the molecule is COc1csc(C(O)Cc2cc(Cl)ccc2F)c1. The topological polar surface area (TPSA) is 29.5 Å². The average Bonchev–Trinajstić information content (AvgIpc) is 2.82. The molecular weight excluding hydrogens is 275 g/mol. The maximum atomic E-state index is 13.5. The Morgan fingerprint density at radius 3 is 2.89 bits per heavy atom. The third kappa shape index (κ3) is 3.02. The Balaban J connectivity index is 2.15. The van der Waals surface area contributed by atoms with E-state index in [-0.39, 0.29) is 12.2 Å². The normalized spacial score (nSPS) is 12.4. The molecule has 18 heavy (non-hydrogen) atoms. The van der Waals surface area contributed by atoms with Crippen molar-refractivity contribution in [1.29, 1.82) is 0 Å². The van der Waals surface area contributed by atoms with Gasteiger partial charge in [0.15, 0.2) is 0 Å². The predicted octanol–water partition coefficient (Wildman–Crippen LogP) is 3.83. The molecular formula is C13H12ClFO2S. The molecule has 96 valence electrons. The number of thiophene rings is 1. The Kier molecular flexibility index (Phi) is 4.22. The molecule has 1 atom stereocenters. The summed E-state index contributed by atoms with van der Waals surface area (Å²) in [6.45, 7) is 0. The van der Waals surface area contributed by atoms with E-state index in [0.29, 0.717) is 16.3 Å². The molecule has 2 rings (SSSR count). The minimum absolute atomic E-state index is 0.191. The summed E-state index contributed by atoms with van der Waals surface area (Å²) >= 11 is 7.19. The van der Waals surface area contributed by atoms with Gasteiger partial charge in [-0.2, -0.15) is 0 Å². The highest BCUT2D eigenvalue weighted by atomic mass is 35.5. The van der Waals surface area contributed by atoms with E-state index in [9.17, 15) is 9.50 Å². The maximum Gasteiger partial charge on any atom is 0.129 e. The molecule has 0 radical (unpaired) electrons. The van der Waals surface area contributed by atoms with Crippen molar-refractivity contribution in [3.05, 3.63) is 50.9 Å². The van der Waals surface area contributed by atoms with Crippen LogP contribution >= 0.6 is 22.9 Å². The summed E-state index contributed by atoms with van der Waals surface area (Å²) in [5, 5.41) is 12.3. The number of aliphatic hydroxyl groups is 1. The Bertz CT molecular complexity index is 542. The quantitative estimate of drug-likeness (QED) is 0.926. The van der Waals surface area contributed by atoms with Gasteiger partial charge in [0.25, 0.3) is 0 Å². The van der Waals surface area contributed by atoms with Crippen LogP contribution in [0, 0.1) is 5.82 Å². The lowest BCUT2D eigenvalue weighted by molar-refractivity contribution is 0.180. The molecule has 0 saturated heterocycles. The van der Waals surface area contributed by atoms with E-state index in [1.54, 1.807) is 18.6 Å². The molecule has 0 aliphatic heterocycles. The molecule has 0 amide bonds. The Morgan fingerprint density at radius 2 is 2.22 bits per heavy atom. The number of ether oxygens (including phenoxy) is 1. The van der Waals surface area contributed by atoms with Crippen molar-refractivity contribution < 1.29 is 14.2 Å². The number of aliphatic hydroxyl groups excluding tert-OH is 1. The highest BCUT2D eigenvalue weighted by molar-refractivity contribution is 7.10. The summed E-state index contributed by atoms with van der Waals surface area (Å²) in [6.07, 6.45) is -0.567. The first-order chi connectivity index (χ1) is 8.60. The summed E-state index contributed by atoms with van der Waals surface area (Å²) in [4.78, 5) is 0.742. The third-order valence-corrected chi connectivity index (χ3v) is 3.83. The lowest BCUT2D eigenvalue weighted by atomic mass is 10.1. The minimum Gasteiger partial charge on any atom is -0.496 e. The van der Waals surface area contributed by atoms with E-state index in [0.717, 1.165) is 4.88 Å². The summed E-state index contributed by atoms with van der Waals surface area (Å²) in [5.74, 6) is 0.336. The van der Waals surface area contributed by atoms with Gasteiger partial charge >= 0.3 is 0 Å². The first-order valence-electron chi connectivity index (χ1n) is 5.34. The van der Waals surface area contributed by atoms with Gasteiger partial charge in [-0.15, -0.1) is 11.3 Å². The molecule has 1 aromatic heterocycles. The smallest absolute Gasteiger partial charge is 0.129 e. The van der Waals surface area contributed by atoms with E-state index < -0.39 is 6.10 Å². The van der Waals surface area contributed by atoms with E-state index >= 15 is 0 Å². The van der Waals surface area contributed by atoms with Crippen molar-refractivity contribution in [3.8, 4) is 5.75 Å². The summed E-state index contributed by atoms with van der Waals surface area (Å²) in [6, 6.07) is 6.07. The van der Waals surface area contributed by atoms with Gasteiger partial charge in [-0.1, -0.05) is 11.6 Å². The van der Waals surface area contributed by atoms with Crippen molar-refractivity contribution in [2.75, 3.05) is 7.11 Å². The van der Waals surface area contributed by atoms with Crippen LogP contribution in [0.1, 0.15) is 16.5 Å². The number of halogens is 2. The molecule has 0 fully saturated rings. The lowest BCUT2D eigenvalue weighted by Gasteiger charge is -2.09. The van der Waals surface area contributed by atoms with Crippen LogP contribution in [0.2, 0.25) is 5.02 Å². The van der Waals surface area contributed by atoms with Gasteiger partial charge in [-0.05, 0) is 29.8 Å². The van der Waals surface area contributed by atoms with Crippen LogP contribution in [0.4, 0.5) is 4.39 Å². The molecule has 0 saturated carbocycles. The second kappa shape index (κ2) is 5.69. The van der Waals surface area contributed by atoms with Crippen molar-refractivity contribution >= 4 is 22.9 Å². The van der Waals surface area contributed by atoms with Crippen molar-refractivity contribution in [2.24, 2.45) is 0 Å². The molecule has 1 heterocycles. The van der Waals surface area contributed by atoms with E-state index in [4.69, 9.17) is 16.3 Å². The van der Waals surface area contributed by atoms with E-state index in [2.05, 4.69) is 0 Å². The van der Waals surface area contributed by atoms with Gasteiger partial charge < -0.3 is 9.84 Å². The Hall–Kier alpha value is -1.10. The zero-order valence-corrected chi connectivity index (χ0v) is 11.3. The minimum atomic E-state index is -0.758. The molecule has 2 aromatic rings.